The average Bonchev–Trinajstić information content (AvgIpc) is 3.35. The first-order chi connectivity index (χ1) is 16.8. The minimum absolute atomic E-state index is 0. The van der Waals surface area contributed by atoms with Crippen LogP contribution in [0.25, 0.3) is 11.4 Å². The molecule has 0 aliphatic rings. The first kappa shape index (κ1) is 25.7. The molecule has 5 heteroatoms. The number of nitrogens with one attached hydrogen (secondary N) is 1. The van der Waals surface area contributed by atoms with Crippen LogP contribution >= 0.6 is 43.0 Å². The molecule has 0 aliphatic heterocycles. The molecule has 0 atom stereocenters. The van der Waals surface area contributed by atoms with Gasteiger partial charge in [-0.3, -0.25) is 0 Å². The molecule has 0 saturated carbocycles. The molecule has 0 amide bonds. The molecule has 0 saturated heterocycles. The molecule has 0 radical (unpaired) electrons. The second-order valence-electron chi connectivity index (χ2n) is 8.13. The third kappa shape index (κ3) is 5.11. The van der Waals surface area contributed by atoms with Gasteiger partial charge >= 0.3 is 0 Å². The van der Waals surface area contributed by atoms with E-state index in [-0.39, 0.29) is 24.0 Å². The van der Waals surface area contributed by atoms with Crippen LogP contribution in [0.2, 0.25) is 0 Å². The van der Waals surface area contributed by atoms with Crippen molar-refractivity contribution >= 4 is 64.3 Å². The number of imidazole rings is 1. The number of nitrogens with zero attached hydrogens (tertiary/aromatic N) is 1. The van der Waals surface area contributed by atoms with E-state index < -0.39 is 7.26 Å². The number of benzene rings is 4. The fraction of sp³-hybridized carbons (Fsp3) is 0.100. The highest BCUT2D eigenvalue weighted by molar-refractivity contribution is 14.0. The smallest absolute Gasteiger partial charge is 0.210 e. The maximum Gasteiger partial charge on any atom is 0.210 e. The minimum Gasteiger partial charge on any atom is -0.307 e. The average molecular weight is 608 g/mol. The standard InChI is InChI=1S/C30H28N2PS.HI/c1-2-23-34-30-29(31-28(32-30)24-15-7-3-8-16-24)33(25-17-9-4-10-18-25,26-19-11-5-12-20-26)27-21-13-6-14-22-27;/h3-22H,2,23H2,1H3,(H,31,32);1H/q+1;. The van der Waals surface area contributed by atoms with Crippen molar-refractivity contribution in [1.82, 2.24) is 9.97 Å². The number of hydrogen-bond donors (Lipinski definition) is 1. The van der Waals surface area contributed by atoms with Gasteiger partial charge in [0.25, 0.3) is 0 Å². The lowest BCUT2D eigenvalue weighted by Gasteiger charge is -2.26. The Morgan fingerprint density at radius 3 is 1.51 bits per heavy atom. The Hall–Kier alpha value is -2.40. The van der Waals surface area contributed by atoms with Gasteiger partial charge in [-0.2, -0.15) is 0 Å². The fourth-order valence-electron chi connectivity index (χ4n) is 4.40. The van der Waals surface area contributed by atoms with Crippen molar-refractivity contribution in [2.75, 3.05) is 5.75 Å². The van der Waals surface area contributed by atoms with Gasteiger partial charge in [-0.25, -0.2) is 4.98 Å². The molecule has 176 valence electrons. The number of thioether (sulfide) groups is 1. The van der Waals surface area contributed by atoms with Crippen molar-refractivity contribution < 1.29 is 0 Å². The van der Waals surface area contributed by atoms with E-state index in [0.29, 0.717) is 0 Å². The third-order valence-corrected chi connectivity index (χ3v) is 11.5. The molecule has 0 fully saturated rings. The van der Waals surface area contributed by atoms with E-state index in [2.05, 4.69) is 133 Å². The zero-order chi connectivity index (χ0) is 23.2. The van der Waals surface area contributed by atoms with Crippen molar-refractivity contribution in [3.63, 3.8) is 0 Å². The van der Waals surface area contributed by atoms with E-state index in [1.54, 1.807) is 0 Å². The minimum atomic E-state index is -2.22. The van der Waals surface area contributed by atoms with Crippen molar-refractivity contribution in [2.45, 2.75) is 18.4 Å². The van der Waals surface area contributed by atoms with E-state index >= 15 is 0 Å². The molecule has 0 aliphatic carbocycles. The van der Waals surface area contributed by atoms with Crippen molar-refractivity contribution in [3.05, 3.63) is 121 Å². The molecule has 5 aromatic rings. The summed E-state index contributed by atoms with van der Waals surface area (Å²) in [4.78, 5) is 9.06. The largest absolute Gasteiger partial charge is 0.307 e. The first-order valence-corrected chi connectivity index (χ1v) is 14.5. The normalized spacial score (nSPS) is 11.1. The predicted molar refractivity (Wildman–Crippen MR) is 165 cm³/mol. The van der Waals surface area contributed by atoms with Gasteiger partial charge in [0.1, 0.15) is 21.7 Å². The van der Waals surface area contributed by atoms with E-state index in [9.17, 15) is 0 Å². The summed E-state index contributed by atoms with van der Waals surface area (Å²) >= 11 is 1.86. The fourth-order valence-corrected chi connectivity index (χ4v) is 9.88. The number of halogens is 1. The molecule has 1 heterocycles. The van der Waals surface area contributed by atoms with Gasteiger partial charge in [0.15, 0.2) is 12.3 Å². The summed E-state index contributed by atoms with van der Waals surface area (Å²) in [7, 11) is -2.22. The van der Waals surface area contributed by atoms with Crippen LogP contribution in [0, 0.1) is 0 Å². The van der Waals surface area contributed by atoms with Gasteiger partial charge < -0.3 is 4.98 Å². The van der Waals surface area contributed by atoms with Gasteiger partial charge in [-0.05, 0) is 48.6 Å². The van der Waals surface area contributed by atoms with Crippen LogP contribution in [0.3, 0.4) is 0 Å². The van der Waals surface area contributed by atoms with Crippen LogP contribution in [-0.4, -0.2) is 15.7 Å². The molecule has 0 bridgehead atoms. The number of rotatable bonds is 8. The highest BCUT2D eigenvalue weighted by atomic mass is 127. The molecule has 35 heavy (non-hydrogen) atoms. The molecule has 0 unspecified atom stereocenters. The van der Waals surface area contributed by atoms with Gasteiger partial charge in [-0.15, -0.1) is 35.7 Å². The van der Waals surface area contributed by atoms with Crippen LogP contribution in [0.15, 0.2) is 126 Å². The van der Waals surface area contributed by atoms with Crippen LogP contribution in [-0.2, 0) is 0 Å². The molecule has 4 aromatic carbocycles. The SMILES string of the molecule is CCCSc1nc(-c2ccccc2)[nH]c1[P+](c1ccccc1)(c1ccccc1)c1ccccc1.I. The lowest BCUT2D eigenvalue weighted by atomic mass is 10.2. The predicted octanol–water partition coefficient (Wildman–Crippen LogP) is 6.82. The molecular formula is C30H29IN2PS+. The van der Waals surface area contributed by atoms with E-state index in [1.807, 2.05) is 11.8 Å². The Balaban J connectivity index is 0.00000289. The summed E-state index contributed by atoms with van der Waals surface area (Å²) in [5, 5.41) is 5.09. The second kappa shape index (κ2) is 12.0. The van der Waals surface area contributed by atoms with Crippen LogP contribution in [0.5, 0.6) is 0 Å². The topological polar surface area (TPSA) is 28.7 Å². The van der Waals surface area contributed by atoms with Crippen LogP contribution < -0.4 is 21.3 Å². The quantitative estimate of drug-likeness (QED) is 0.119. The second-order valence-corrected chi connectivity index (χ2v) is 12.6. The number of hydrogen-bond acceptors (Lipinski definition) is 2. The summed E-state index contributed by atoms with van der Waals surface area (Å²) in [6, 6.07) is 43.4. The monoisotopic (exact) mass is 607 g/mol. The highest BCUT2D eigenvalue weighted by Gasteiger charge is 2.51. The van der Waals surface area contributed by atoms with E-state index in [4.69, 9.17) is 4.98 Å². The van der Waals surface area contributed by atoms with E-state index in [0.717, 1.165) is 28.6 Å². The lowest BCUT2D eigenvalue weighted by Crippen LogP contribution is -2.40. The molecule has 2 nitrogen and oxygen atoms in total. The van der Waals surface area contributed by atoms with Crippen molar-refractivity contribution in [1.29, 1.82) is 0 Å². The van der Waals surface area contributed by atoms with Crippen LogP contribution in [0.4, 0.5) is 0 Å². The third-order valence-electron chi connectivity index (χ3n) is 5.91. The summed E-state index contributed by atoms with van der Waals surface area (Å²) < 4.78 is 0. The summed E-state index contributed by atoms with van der Waals surface area (Å²) in [5.74, 6) is 1.96. The summed E-state index contributed by atoms with van der Waals surface area (Å²) in [6.45, 7) is 2.23. The van der Waals surface area contributed by atoms with Gasteiger partial charge in [0, 0.05) is 5.56 Å². The van der Waals surface area contributed by atoms with Crippen LogP contribution in [0.1, 0.15) is 13.3 Å². The zero-order valence-corrected chi connectivity index (χ0v) is 23.7. The molecular weight excluding hydrogens is 578 g/mol. The number of aromatic nitrogens is 2. The lowest BCUT2D eigenvalue weighted by molar-refractivity contribution is 1.10. The Bertz CT molecular complexity index is 1230. The maximum atomic E-state index is 5.20. The summed E-state index contributed by atoms with van der Waals surface area (Å²) in [6.07, 6.45) is 1.10. The Labute approximate surface area is 230 Å². The molecule has 1 N–H and O–H groups in total. The maximum absolute atomic E-state index is 5.20. The van der Waals surface area contributed by atoms with Crippen molar-refractivity contribution in [3.8, 4) is 11.4 Å². The molecule has 0 spiro atoms. The highest BCUT2D eigenvalue weighted by Crippen LogP contribution is 2.55. The van der Waals surface area contributed by atoms with Gasteiger partial charge in [0.05, 0.1) is 0 Å². The molecule has 1 aromatic heterocycles. The number of aromatic amines is 1. The Morgan fingerprint density at radius 2 is 1.09 bits per heavy atom. The first-order valence-electron chi connectivity index (χ1n) is 11.7. The summed E-state index contributed by atoms with van der Waals surface area (Å²) in [5.41, 5.74) is 2.34. The van der Waals surface area contributed by atoms with Gasteiger partial charge in [-0.1, -0.05) is 91.9 Å². The van der Waals surface area contributed by atoms with Crippen molar-refractivity contribution in [2.24, 2.45) is 0 Å². The van der Waals surface area contributed by atoms with Gasteiger partial charge in [0.2, 0.25) is 5.44 Å². The number of H-pyrrole nitrogens is 1. The molecule has 5 rings (SSSR count). The Morgan fingerprint density at radius 1 is 0.657 bits per heavy atom. The Kier molecular flexibility index (Phi) is 8.83. The zero-order valence-electron chi connectivity index (χ0n) is 19.7. The van der Waals surface area contributed by atoms with E-state index in [1.165, 1.54) is 21.3 Å².